The lowest BCUT2D eigenvalue weighted by Crippen LogP contribution is -2.49. The maximum absolute atomic E-state index is 11.8. The van der Waals surface area contributed by atoms with E-state index in [1.807, 2.05) is 13.8 Å². The number of hydrogen-bond acceptors (Lipinski definition) is 5. The first-order valence-electron chi connectivity index (χ1n) is 6.85. The molecule has 0 unspecified atom stereocenters. The number of hydrogen-bond donors (Lipinski definition) is 2. The topological polar surface area (TPSA) is 84.9 Å². The standard InChI is InChI=1S/C14H27NO5/c1-7-9(2)12(10(16)8-11(17)19-6)15-13(18)20-14(3,4)5/h9-10,12,16H,7-8H2,1-6H3,(H,15,18)/t9-,10+,12-/m0/s1. The van der Waals surface area contributed by atoms with E-state index >= 15 is 0 Å². The number of esters is 1. The van der Waals surface area contributed by atoms with Gasteiger partial charge in [-0.05, 0) is 26.7 Å². The van der Waals surface area contributed by atoms with Crippen LogP contribution in [0.2, 0.25) is 0 Å². The van der Waals surface area contributed by atoms with Crippen molar-refractivity contribution in [1.29, 1.82) is 0 Å². The van der Waals surface area contributed by atoms with Gasteiger partial charge in [0.15, 0.2) is 0 Å². The lowest BCUT2D eigenvalue weighted by molar-refractivity contribution is -0.143. The van der Waals surface area contributed by atoms with Crippen LogP contribution in [0.3, 0.4) is 0 Å². The van der Waals surface area contributed by atoms with Crippen molar-refractivity contribution in [2.45, 2.75) is 65.2 Å². The van der Waals surface area contributed by atoms with Gasteiger partial charge in [0.25, 0.3) is 0 Å². The molecule has 0 aromatic carbocycles. The predicted molar refractivity (Wildman–Crippen MR) is 75.3 cm³/mol. The van der Waals surface area contributed by atoms with Gasteiger partial charge < -0.3 is 19.9 Å². The molecule has 0 aliphatic carbocycles. The molecule has 2 N–H and O–H groups in total. The summed E-state index contributed by atoms with van der Waals surface area (Å²) in [6, 6.07) is -0.561. The van der Waals surface area contributed by atoms with E-state index < -0.39 is 29.8 Å². The minimum Gasteiger partial charge on any atom is -0.469 e. The molecule has 118 valence electrons. The normalized spacial score (nSPS) is 15.9. The molecule has 0 aliphatic rings. The molecule has 0 spiro atoms. The van der Waals surface area contributed by atoms with Gasteiger partial charge in [0.1, 0.15) is 5.60 Å². The summed E-state index contributed by atoms with van der Waals surface area (Å²) < 4.78 is 9.69. The lowest BCUT2D eigenvalue weighted by Gasteiger charge is -2.29. The Morgan fingerprint density at radius 1 is 1.30 bits per heavy atom. The van der Waals surface area contributed by atoms with Crippen LogP contribution in [-0.2, 0) is 14.3 Å². The number of aliphatic hydroxyl groups excluding tert-OH is 1. The van der Waals surface area contributed by atoms with Crippen molar-refractivity contribution in [3.8, 4) is 0 Å². The Hall–Kier alpha value is -1.30. The smallest absolute Gasteiger partial charge is 0.407 e. The van der Waals surface area contributed by atoms with Crippen LogP contribution in [0.15, 0.2) is 0 Å². The number of amides is 1. The minimum atomic E-state index is -1.01. The third kappa shape index (κ3) is 7.33. The third-order valence-electron chi connectivity index (χ3n) is 2.96. The van der Waals surface area contributed by atoms with Crippen LogP contribution < -0.4 is 5.32 Å². The monoisotopic (exact) mass is 289 g/mol. The highest BCUT2D eigenvalue weighted by atomic mass is 16.6. The van der Waals surface area contributed by atoms with E-state index in [2.05, 4.69) is 10.1 Å². The highest BCUT2D eigenvalue weighted by Gasteiger charge is 2.29. The lowest BCUT2D eigenvalue weighted by atomic mass is 9.93. The molecule has 0 bridgehead atoms. The van der Waals surface area contributed by atoms with Gasteiger partial charge in [-0.1, -0.05) is 20.3 Å². The first-order valence-corrected chi connectivity index (χ1v) is 6.85. The summed E-state index contributed by atoms with van der Waals surface area (Å²) in [7, 11) is 1.26. The van der Waals surface area contributed by atoms with Crippen LogP contribution >= 0.6 is 0 Å². The van der Waals surface area contributed by atoms with Crippen LogP contribution in [0, 0.1) is 5.92 Å². The molecular formula is C14H27NO5. The molecule has 0 aliphatic heterocycles. The molecule has 0 fully saturated rings. The molecule has 0 saturated heterocycles. The second-order valence-corrected chi connectivity index (χ2v) is 5.91. The Bertz CT molecular complexity index is 324. The second-order valence-electron chi connectivity index (χ2n) is 5.91. The van der Waals surface area contributed by atoms with Crippen molar-refractivity contribution in [1.82, 2.24) is 5.32 Å². The van der Waals surface area contributed by atoms with Crippen molar-refractivity contribution in [3.05, 3.63) is 0 Å². The molecule has 0 rings (SSSR count). The SMILES string of the molecule is CC[C@H](C)[C@H](NC(=O)OC(C)(C)C)[C@H](O)CC(=O)OC. The number of alkyl carbamates (subject to hydrolysis) is 1. The fourth-order valence-corrected chi connectivity index (χ4v) is 1.70. The summed E-state index contributed by atoms with van der Waals surface area (Å²) in [6.45, 7) is 9.11. The number of carbonyl (C=O) groups excluding carboxylic acids is 2. The fraction of sp³-hybridized carbons (Fsp3) is 0.857. The zero-order chi connectivity index (χ0) is 15.9. The largest absolute Gasteiger partial charge is 0.469 e. The number of aliphatic hydroxyl groups is 1. The number of nitrogens with one attached hydrogen (secondary N) is 1. The van der Waals surface area contributed by atoms with E-state index in [0.29, 0.717) is 0 Å². The number of rotatable bonds is 6. The molecule has 0 heterocycles. The Balaban J connectivity index is 4.72. The van der Waals surface area contributed by atoms with Crippen molar-refractivity contribution >= 4 is 12.1 Å². The summed E-state index contributed by atoms with van der Waals surface area (Å²) >= 11 is 0. The Labute approximate surface area is 120 Å². The van der Waals surface area contributed by atoms with E-state index in [0.717, 1.165) is 6.42 Å². The molecule has 0 aromatic heterocycles. The van der Waals surface area contributed by atoms with E-state index in [9.17, 15) is 14.7 Å². The molecule has 6 nitrogen and oxygen atoms in total. The summed E-state index contributed by atoms with van der Waals surface area (Å²) in [5.74, 6) is -0.515. The van der Waals surface area contributed by atoms with Gasteiger partial charge in [0, 0.05) is 0 Å². The molecule has 20 heavy (non-hydrogen) atoms. The van der Waals surface area contributed by atoms with E-state index in [4.69, 9.17) is 4.74 Å². The third-order valence-corrected chi connectivity index (χ3v) is 2.96. The molecule has 0 radical (unpaired) electrons. The van der Waals surface area contributed by atoms with Crippen LogP contribution in [0.5, 0.6) is 0 Å². The van der Waals surface area contributed by atoms with Crippen LogP contribution in [0.25, 0.3) is 0 Å². The number of ether oxygens (including phenoxy) is 2. The summed E-state index contributed by atoms with van der Waals surface area (Å²) in [6.07, 6.45) is -1.03. The van der Waals surface area contributed by atoms with Gasteiger partial charge in [0.2, 0.25) is 0 Å². The fourth-order valence-electron chi connectivity index (χ4n) is 1.70. The molecule has 0 saturated carbocycles. The summed E-state index contributed by atoms with van der Waals surface area (Å²) in [5, 5.41) is 12.7. The van der Waals surface area contributed by atoms with Gasteiger partial charge in [-0.2, -0.15) is 0 Å². The van der Waals surface area contributed by atoms with Crippen molar-refractivity contribution in [2.24, 2.45) is 5.92 Å². The Morgan fingerprint density at radius 2 is 1.85 bits per heavy atom. The number of carbonyl (C=O) groups is 2. The Kier molecular flexibility index (Phi) is 7.57. The van der Waals surface area contributed by atoms with Crippen molar-refractivity contribution in [2.75, 3.05) is 7.11 Å². The van der Waals surface area contributed by atoms with Gasteiger partial charge in [0.05, 0.1) is 25.7 Å². The zero-order valence-corrected chi connectivity index (χ0v) is 13.2. The first-order chi connectivity index (χ1) is 9.10. The van der Waals surface area contributed by atoms with Crippen molar-refractivity contribution < 1.29 is 24.2 Å². The van der Waals surface area contributed by atoms with E-state index in [-0.39, 0.29) is 12.3 Å². The summed E-state index contributed by atoms with van der Waals surface area (Å²) in [5.41, 5.74) is -0.614. The molecule has 0 aromatic rings. The first kappa shape index (κ1) is 18.7. The molecule has 1 amide bonds. The van der Waals surface area contributed by atoms with Gasteiger partial charge >= 0.3 is 12.1 Å². The zero-order valence-electron chi connectivity index (χ0n) is 13.2. The van der Waals surface area contributed by atoms with E-state index in [1.54, 1.807) is 20.8 Å². The second kappa shape index (κ2) is 8.09. The quantitative estimate of drug-likeness (QED) is 0.729. The average molecular weight is 289 g/mol. The van der Waals surface area contributed by atoms with Crippen LogP contribution in [-0.4, -0.2) is 42.0 Å². The summed E-state index contributed by atoms with van der Waals surface area (Å²) in [4.78, 5) is 23.0. The van der Waals surface area contributed by atoms with Crippen LogP contribution in [0.4, 0.5) is 4.79 Å². The minimum absolute atomic E-state index is 0.00201. The highest BCUT2D eigenvalue weighted by molar-refractivity contribution is 5.71. The molecule has 6 heteroatoms. The van der Waals surface area contributed by atoms with Gasteiger partial charge in [-0.25, -0.2) is 4.79 Å². The van der Waals surface area contributed by atoms with Gasteiger partial charge in [-0.3, -0.25) is 4.79 Å². The predicted octanol–water partition coefficient (Wildman–Crippen LogP) is 1.85. The maximum atomic E-state index is 11.8. The van der Waals surface area contributed by atoms with Gasteiger partial charge in [-0.15, -0.1) is 0 Å². The van der Waals surface area contributed by atoms with Crippen LogP contribution in [0.1, 0.15) is 47.5 Å². The Morgan fingerprint density at radius 3 is 2.25 bits per heavy atom. The molecule has 3 atom stereocenters. The average Bonchev–Trinajstić information content (AvgIpc) is 2.32. The number of methoxy groups -OCH3 is 1. The van der Waals surface area contributed by atoms with Crippen molar-refractivity contribution in [3.63, 3.8) is 0 Å². The highest BCUT2D eigenvalue weighted by Crippen LogP contribution is 2.16. The molecular weight excluding hydrogens is 262 g/mol. The van der Waals surface area contributed by atoms with E-state index in [1.165, 1.54) is 7.11 Å². The maximum Gasteiger partial charge on any atom is 0.407 e.